The maximum absolute atomic E-state index is 13.1. The summed E-state index contributed by atoms with van der Waals surface area (Å²) in [5, 5.41) is 3.13. The van der Waals surface area contributed by atoms with E-state index in [4.69, 9.17) is 0 Å². The number of hydrogen-bond acceptors (Lipinski definition) is 4. The fourth-order valence-electron chi connectivity index (χ4n) is 4.58. The third-order valence-corrected chi connectivity index (χ3v) is 7.17. The molecule has 2 fully saturated rings. The van der Waals surface area contributed by atoms with Crippen LogP contribution in [0.1, 0.15) is 55.8 Å². The Balaban J connectivity index is 1.43. The number of benzene rings is 1. The normalized spacial score (nSPS) is 24.9. The Morgan fingerprint density at radius 1 is 1.25 bits per heavy atom. The van der Waals surface area contributed by atoms with Gasteiger partial charge in [-0.2, -0.15) is 11.8 Å². The van der Waals surface area contributed by atoms with Crippen LogP contribution in [0.2, 0.25) is 0 Å². The van der Waals surface area contributed by atoms with Gasteiger partial charge in [0.05, 0.1) is 11.3 Å². The molecule has 3 aliphatic heterocycles. The molecule has 150 valence electrons. The van der Waals surface area contributed by atoms with E-state index in [-0.39, 0.29) is 23.8 Å². The van der Waals surface area contributed by atoms with Gasteiger partial charge in [0, 0.05) is 25.4 Å². The lowest BCUT2D eigenvalue weighted by atomic mass is 9.98. The Morgan fingerprint density at radius 2 is 2.00 bits per heavy atom. The molecule has 3 aliphatic rings. The number of rotatable bonds is 5. The van der Waals surface area contributed by atoms with Crippen molar-refractivity contribution in [3.05, 3.63) is 29.8 Å². The van der Waals surface area contributed by atoms with E-state index in [1.54, 1.807) is 15.9 Å². The van der Waals surface area contributed by atoms with Crippen LogP contribution in [0.15, 0.2) is 24.3 Å². The van der Waals surface area contributed by atoms with Gasteiger partial charge in [0.1, 0.15) is 5.66 Å². The lowest BCUT2D eigenvalue weighted by molar-refractivity contribution is -0.122. The Hall–Kier alpha value is -2.02. The lowest BCUT2D eigenvalue weighted by Gasteiger charge is -2.48. The van der Waals surface area contributed by atoms with Gasteiger partial charge in [0.15, 0.2) is 0 Å². The van der Waals surface area contributed by atoms with E-state index in [0.717, 1.165) is 24.3 Å². The molecule has 0 saturated carbocycles. The Kier molecular flexibility index (Phi) is 5.36. The van der Waals surface area contributed by atoms with Crippen LogP contribution in [0.3, 0.4) is 0 Å². The number of carbonyl (C=O) groups excluding carboxylic acids is 3. The fourth-order valence-corrected chi connectivity index (χ4v) is 5.69. The zero-order chi connectivity index (χ0) is 19.7. The van der Waals surface area contributed by atoms with Crippen LogP contribution in [-0.2, 0) is 9.59 Å². The van der Waals surface area contributed by atoms with Gasteiger partial charge in [-0.1, -0.05) is 12.1 Å². The van der Waals surface area contributed by atoms with Gasteiger partial charge < -0.3 is 10.2 Å². The number of amides is 3. The quantitative estimate of drug-likeness (QED) is 0.824. The highest BCUT2D eigenvalue weighted by Crippen LogP contribution is 2.44. The predicted molar refractivity (Wildman–Crippen MR) is 110 cm³/mol. The van der Waals surface area contributed by atoms with Crippen molar-refractivity contribution in [3.8, 4) is 0 Å². The van der Waals surface area contributed by atoms with Gasteiger partial charge in [-0.05, 0) is 56.2 Å². The summed E-state index contributed by atoms with van der Waals surface area (Å²) in [6, 6.07) is 7.61. The number of para-hydroxylation sites is 1. The summed E-state index contributed by atoms with van der Waals surface area (Å²) in [4.78, 5) is 41.6. The van der Waals surface area contributed by atoms with Crippen molar-refractivity contribution in [1.82, 2.24) is 10.2 Å². The van der Waals surface area contributed by atoms with Gasteiger partial charge in [-0.25, -0.2) is 0 Å². The zero-order valence-electron chi connectivity index (χ0n) is 16.3. The van der Waals surface area contributed by atoms with E-state index in [1.165, 1.54) is 0 Å². The molecule has 3 heterocycles. The van der Waals surface area contributed by atoms with Crippen molar-refractivity contribution in [1.29, 1.82) is 0 Å². The molecular weight excluding hydrogens is 374 g/mol. The summed E-state index contributed by atoms with van der Waals surface area (Å²) in [6.07, 6.45) is 4.13. The molecular formula is C21H27N3O3S. The van der Waals surface area contributed by atoms with Gasteiger partial charge in [0.2, 0.25) is 11.8 Å². The average molecular weight is 402 g/mol. The minimum absolute atomic E-state index is 0.0474. The summed E-state index contributed by atoms with van der Waals surface area (Å²) in [7, 11) is 0. The second kappa shape index (κ2) is 7.78. The molecule has 0 aliphatic carbocycles. The summed E-state index contributed by atoms with van der Waals surface area (Å²) < 4.78 is 0. The second-order valence-electron chi connectivity index (χ2n) is 7.98. The Bertz CT molecular complexity index is 793. The first kappa shape index (κ1) is 19.3. The molecule has 28 heavy (non-hydrogen) atoms. The highest BCUT2D eigenvalue weighted by Gasteiger charge is 2.52. The molecule has 2 saturated heterocycles. The van der Waals surface area contributed by atoms with E-state index >= 15 is 0 Å². The molecule has 4 rings (SSSR count). The maximum Gasteiger partial charge on any atom is 0.257 e. The molecule has 1 atom stereocenters. The molecule has 0 spiro atoms. The summed E-state index contributed by atoms with van der Waals surface area (Å²) >= 11 is 1.94. The molecule has 6 nitrogen and oxygen atoms in total. The van der Waals surface area contributed by atoms with Crippen LogP contribution in [0, 0.1) is 0 Å². The van der Waals surface area contributed by atoms with Crippen molar-refractivity contribution in [2.24, 2.45) is 0 Å². The molecule has 1 aromatic carbocycles. The van der Waals surface area contributed by atoms with E-state index in [0.29, 0.717) is 43.5 Å². The molecule has 1 N–H and O–H groups in total. The fraction of sp³-hybridized carbons (Fsp3) is 0.571. The van der Waals surface area contributed by atoms with E-state index < -0.39 is 5.66 Å². The second-order valence-corrected chi connectivity index (χ2v) is 9.20. The van der Waals surface area contributed by atoms with Crippen LogP contribution in [0.4, 0.5) is 5.69 Å². The first-order valence-corrected chi connectivity index (χ1v) is 11.3. The van der Waals surface area contributed by atoms with Crippen molar-refractivity contribution < 1.29 is 14.4 Å². The van der Waals surface area contributed by atoms with Crippen molar-refractivity contribution >= 4 is 35.2 Å². The van der Waals surface area contributed by atoms with Gasteiger partial charge >= 0.3 is 0 Å². The monoisotopic (exact) mass is 401 g/mol. The molecule has 1 unspecified atom stereocenters. The first-order chi connectivity index (χ1) is 13.5. The van der Waals surface area contributed by atoms with Crippen LogP contribution in [0.25, 0.3) is 0 Å². The lowest BCUT2D eigenvalue weighted by Crippen LogP contribution is -2.62. The third kappa shape index (κ3) is 3.41. The summed E-state index contributed by atoms with van der Waals surface area (Å²) in [5.41, 5.74) is 0.639. The van der Waals surface area contributed by atoms with Gasteiger partial charge in [0.25, 0.3) is 5.91 Å². The Labute approximate surface area is 170 Å². The standard InChI is InChI=1S/C21H27N3O3S/c1-21-11-8-19(26)24(21)17-6-3-2-5-16(17)20(27)23(21)12-4-7-18(25)22-15-9-13-28-14-10-15/h2-3,5-6,15H,4,7-14H2,1H3,(H,22,25). The van der Waals surface area contributed by atoms with E-state index in [2.05, 4.69) is 5.32 Å². The topological polar surface area (TPSA) is 69.7 Å². The number of fused-ring (bicyclic) bond motifs is 3. The minimum atomic E-state index is -0.639. The average Bonchev–Trinajstić information content (AvgIpc) is 3.01. The first-order valence-electron chi connectivity index (χ1n) is 10.1. The van der Waals surface area contributed by atoms with Crippen molar-refractivity contribution in [2.75, 3.05) is 23.0 Å². The number of hydrogen-bond donors (Lipinski definition) is 1. The smallest absolute Gasteiger partial charge is 0.257 e. The molecule has 1 aromatic rings. The third-order valence-electron chi connectivity index (χ3n) is 6.12. The number of nitrogens with zero attached hydrogens (tertiary/aromatic N) is 2. The molecule has 0 bridgehead atoms. The Morgan fingerprint density at radius 3 is 2.79 bits per heavy atom. The molecule has 0 aromatic heterocycles. The number of carbonyl (C=O) groups is 3. The van der Waals surface area contributed by atoms with E-state index in [9.17, 15) is 14.4 Å². The maximum atomic E-state index is 13.1. The zero-order valence-corrected chi connectivity index (χ0v) is 17.1. The van der Waals surface area contributed by atoms with Crippen LogP contribution >= 0.6 is 11.8 Å². The van der Waals surface area contributed by atoms with E-state index in [1.807, 2.05) is 36.9 Å². The molecule has 7 heteroatoms. The van der Waals surface area contributed by atoms with Gasteiger partial charge in [-0.3, -0.25) is 19.3 Å². The molecule has 0 radical (unpaired) electrons. The largest absolute Gasteiger partial charge is 0.353 e. The highest BCUT2D eigenvalue weighted by atomic mass is 32.2. The van der Waals surface area contributed by atoms with Crippen LogP contribution in [0.5, 0.6) is 0 Å². The van der Waals surface area contributed by atoms with Crippen LogP contribution < -0.4 is 10.2 Å². The number of anilines is 1. The minimum Gasteiger partial charge on any atom is -0.353 e. The predicted octanol–water partition coefficient (Wildman–Crippen LogP) is 2.78. The SMILES string of the molecule is CC12CCC(=O)N1c1ccccc1C(=O)N2CCCC(=O)NC1CCSCC1. The highest BCUT2D eigenvalue weighted by molar-refractivity contribution is 7.99. The summed E-state index contributed by atoms with van der Waals surface area (Å²) in [6.45, 7) is 2.44. The number of nitrogens with one attached hydrogen (secondary N) is 1. The van der Waals surface area contributed by atoms with Gasteiger partial charge in [-0.15, -0.1) is 0 Å². The summed E-state index contributed by atoms with van der Waals surface area (Å²) in [5.74, 6) is 2.28. The number of thioether (sulfide) groups is 1. The van der Waals surface area contributed by atoms with Crippen molar-refractivity contribution in [3.63, 3.8) is 0 Å². The van der Waals surface area contributed by atoms with Crippen molar-refractivity contribution in [2.45, 2.75) is 57.2 Å². The molecule has 3 amide bonds. The van der Waals surface area contributed by atoms with Crippen LogP contribution in [-0.4, -0.2) is 52.4 Å².